The highest BCUT2D eigenvalue weighted by atomic mass is 35.5. The zero-order chi connectivity index (χ0) is 20.9. The third-order valence-corrected chi connectivity index (χ3v) is 4.34. The van der Waals surface area contributed by atoms with Gasteiger partial charge in [-0.1, -0.05) is 78.4 Å². The molecule has 132 valence electrons. The van der Waals surface area contributed by atoms with Gasteiger partial charge in [0, 0.05) is 22.0 Å². The Morgan fingerprint density at radius 3 is 2.38 bits per heavy atom. The molecule has 3 aromatic carbocycles. The Morgan fingerprint density at radius 1 is 1.04 bits per heavy atom. The largest absolute Gasteiger partial charge is 0.489 e. The first-order valence-electron chi connectivity index (χ1n) is 9.89. The lowest BCUT2D eigenvalue weighted by atomic mass is 9.87. The molecular weight excluding hydrogens is 344 g/mol. The smallest absolute Gasteiger partial charge is 0.222 e. The first kappa shape index (κ1) is 14.6. The van der Waals surface area contributed by atoms with Gasteiger partial charge >= 0.3 is 0 Å². The lowest BCUT2D eigenvalue weighted by Crippen LogP contribution is -2.08. The topological polar surface area (TPSA) is 26.3 Å². The first-order chi connectivity index (χ1) is 13.8. The Morgan fingerprint density at radius 2 is 1.73 bits per heavy atom. The molecule has 0 bridgehead atoms. The summed E-state index contributed by atoms with van der Waals surface area (Å²) in [6.45, 7) is -1.93. The van der Waals surface area contributed by atoms with Crippen molar-refractivity contribution in [2.75, 3.05) is 0 Å². The van der Waals surface area contributed by atoms with Gasteiger partial charge in [-0.2, -0.15) is 0 Å². The van der Waals surface area contributed by atoms with Crippen LogP contribution < -0.4 is 4.74 Å². The number of hydrogen-bond acceptors (Lipinski definition) is 2. The van der Waals surface area contributed by atoms with Gasteiger partial charge < -0.3 is 4.74 Å². The van der Waals surface area contributed by atoms with Gasteiger partial charge in [-0.15, -0.1) is 0 Å². The number of ether oxygens (including phenoxy) is 1. The molecule has 0 saturated carbocycles. The second-order valence-electron chi connectivity index (χ2n) is 6.05. The summed E-state index contributed by atoms with van der Waals surface area (Å²) in [7, 11) is 0. The van der Waals surface area contributed by atoms with Crippen LogP contribution in [0, 0.1) is 6.85 Å². The third kappa shape index (κ3) is 4.74. The molecule has 0 fully saturated rings. The molecule has 3 rings (SSSR count). The normalized spacial score (nSPS) is 14.0. The van der Waals surface area contributed by atoms with Crippen LogP contribution in [0.25, 0.3) is 0 Å². The maximum absolute atomic E-state index is 11.8. The third-order valence-electron chi connectivity index (χ3n) is 4.19. The number of halogens is 1. The molecule has 0 aliphatic heterocycles. The Kier molecular flexibility index (Phi) is 4.87. The van der Waals surface area contributed by atoms with Gasteiger partial charge in [-0.3, -0.25) is 4.79 Å². The summed E-state index contributed by atoms with van der Waals surface area (Å²) >= 11 is 5.74. The summed E-state index contributed by atoms with van der Waals surface area (Å²) in [6, 6.07) is 23.9. The number of benzene rings is 3. The quantitative estimate of drug-likeness (QED) is 0.489. The van der Waals surface area contributed by atoms with E-state index in [9.17, 15) is 4.79 Å². The van der Waals surface area contributed by atoms with Crippen LogP contribution in [0.4, 0.5) is 0 Å². The average Bonchev–Trinajstić information content (AvgIpc) is 2.71. The van der Waals surface area contributed by atoms with Crippen molar-refractivity contribution in [1.82, 2.24) is 0 Å². The number of rotatable bonds is 7. The van der Waals surface area contributed by atoms with Gasteiger partial charge in [0.05, 0.1) is 0 Å². The fourth-order valence-corrected chi connectivity index (χ4v) is 3.10. The van der Waals surface area contributed by atoms with E-state index < -0.39 is 18.0 Å². The number of hydrogen-bond donors (Lipinski definition) is 0. The molecule has 3 aromatic rings. The van der Waals surface area contributed by atoms with Gasteiger partial charge in [0.2, 0.25) is 5.24 Å². The molecule has 0 aliphatic rings. The summed E-state index contributed by atoms with van der Waals surface area (Å²) in [5.41, 5.74) is 2.69. The monoisotopic (exact) mass is 367 g/mol. The minimum atomic E-state index is -2.26. The molecule has 0 aromatic heterocycles. The molecule has 0 spiro atoms. The van der Waals surface area contributed by atoms with Crippen molar-refractivity contribution in [3.05, 3.63) is 101 Å². The molecule has 26 heavy (non-hydrogen) atoms. The van der Waals surface area contributed by atoms with Gasteiger partial charge in [-0.25, -0.2) is 0 Å². The van der Waals surface area contributed by atoms with Crippen LogP contribution in [0.3, 0.4) is 0 Å². The Labute approximate surface area is 163 Å². The predicted molar refractivity (Wildman–Crippen MR) is 106 cm³/mol. The molecule has 0 amide bonds. The highest BCUT2D eigenvalue weighted by Crippen LogP contribution is 2.36. The predicted octanol–water partition coefficient (Wildman–Crippen LogP) is 5.86. The van der Waals surface area contributed by atoms with E-state index >= 15 is 0 Å². The van der Waals surface area contributed by atoms with Crippen LogP contribution >= 0.6 is 11.6 Å². The molecule has 0 aliphatic carbocycles. The van der Waals surface area contributed by atoms with E-state index in [4.69, 9.17) is 20.5 Å². The van der Waals surface area contributed by atoms with Gasteiger partial charge in [0.15, 0.2) is 0 Å². The maximum Gasteiger partial charge on any atom is 0.222 e. The SMILES string of the molecule is [2H]C([2H])([2H])c1ccc(OCc2ccccc2)c([C@H](CC(=O)Cl)c2ccccc2)c1. The van der Waals surface area contributed by atoms with Gasteiger partial charge in [-0.05, 0) is 35.6 Å². The van der Waals surface area contributed by atoms with Crippen LogP contribution in [0.15, 0.2) is 78.9 Å². The van der Waals surface area contributed by atoms with Crippen molar-refractivity contribution in [2.45, 2.75) is 25.8 Å². The molecule has 1 atom stereocenters. The number of carbonyl (C=O) groups is 1. The van der Waals surface area contributed by atoms with Crippen LogP contribution in [-0.4, -0.2) is 5.24 Å². The minimum Gasteiger partial charge on any atom is -0.489 e. The lowest BCUT2D eigenvalue weighted by molar-refractivity contribution is -0.111. The summed E-state index contributed by atoms with van der Waals surface area (Å²) in [6.07, 6.45) is 0.0394. The van der Waals surface area contributed by atoms with E-state index in [2.05, 4.69) is 0 Å². The molecule has 3 heteroatoms. The van der Waals surface area contributed by atoms with E-state index in [1.807, 2.05) is 60.7 Å². The zero-order valence-corrected chi connectivity index (χ0v) is 14.9. The zero-order valence-electron chi connectivity index (χ0n) is 17.2. The van der Waals surface area contributed by atoms with Crippen LogP contribution in [0.2, 0.25) is 0 Å². The van der Waals surface area contributed by atoms with Crippen molar-refractivity contribution in [2.24, 2.45) is 0 Å². The number of carbonyl (C=O) groups excluding carboxylic acids is 1. The second kappa shape index (κ2) is 8.68. The van der Waals surface area contributed by atoms with Crippen LogP contribution in [0.1, 0.15) is 38.7 Å². The van der Waals surface area contributed by atoms with Gasteiger partial charge in [0.25, 0.3) is 0 Å². The molecule has 0 saturated heterocycles. The van der Waals surface area contributed by atoms with E-state index in [-0.39, 0.29) is 12.0 Å². The summed E-state index contributed by atoms with van der Waals surface area (Å²) < 4.78 is 29.3. The highest BCUT2D eigenvalue weighted by molar-refractivity contribution is 6.63. The van der Waals surface area contributed by atoms with Gasteiger partial charge in [0.1, 0.15) is 12.4 Å². The molecule has 0 radical (unpaired) electrons. The van der Waals surface area contributed by atoms with Crippen molar-refractivity contribution in [3.8, 4) is 5.75 Å². The summed E-state index contributed by atoms with van der Waals surface area (Å²) in [5, 5.41) is -0.493. The first-order valence-corrected chi connectivity index (χ1v) is 8.77. The van der Waals surface area contributed by atoms with Crippen LogP contribution in [0.5, 0.6) is 5.75 Å². The van der Waals surface area contributed by atoms with Crippen molar-refractivity contribution < 1.29 is 13.6 Å². The Bertz CT molecular complexity index is 957. The van der Waals surface area contributed by atoms with E-state index in [1.54, 1.807) is 18.2 Å². The molecule has 0 unspecified atom stereocenters. The van der Waals surface area contributed by atoms with E-state index in [1.165, 1.54) is 0 Å². The highest BCUT2D eigenvalue weighted by Gasteiger charge is 2.21. The summed E-state index contributed by atoms with van der Waals surface area (Å²) in [4.78, 5) is 11.8. The second-order valence-corrected chi connectivity index (χ2v) is 6.47. The molecule has 0 heterocycles. The summed E-state index contributed by atoms with van der Waals surface area (Å²) in [5.74, 6) is 0.128. The fourth-order valence-electron chi connectivity index (χ4n) is 2.94. The lowest BCUT2D eigenvalue weighted by Gasteiger charge is -2.21. The van der Waals surface area contributed by atoms with E-state index in [0.717, 1.165) is 11.1 Å². The Hall–Kier alpha value is -2.58. The molecular formula is C23H21ClO2. The van der Waals surface area contributed by atoms with Crippen LogP contribution in [-0.2, 0) is 11.4 Å². The number of aryl methyl sites for hydroxylation is 1. The Balaban J connectivity index is 2.04. The van der Waals surface area contributed by atoms with Crippen molar-refractivity contribution >= 4 is 16.8 Å². The fraction of sp³-hybridized carbons (Fsp3) is 0.174. The maximum atomic E-state index is 11.8. The average molecular weight is 368 g/mol. The minimum absolute atomic E-state index is 0.0394. The molecule has 2 nitrogen and oxygen atoms in total. The van der Waals surface area contributed by atoms with Crippen molar-refractivity contribution in [3.63, 3.8) is 0 Å². The van der Waals surface area contributed by atoms with Crippen molar-refractivity contribution in [1.29, 1.82) is 0 Å². The van der Waals surface area contributed by atoms with E-state index in [0.29, 0.717) is 17.9 Å². The molecule has 0 N–H and O–H groups in total. The standard InChI is InChI=1S/C23H21ClO2/c1-17-12-13-22(26-16-18-8-4-2-5-9-18)21(14-17)20(15-23(24)25)19-10-6-3-7-11-19/h2-14,20H,15-16H2,1H3/t20-/m1/s1/i1D3.